The second-order valence-corrected chi connectivity index (χ2v) is 6.34. The molecule has 0 aromatic heterocycles. The fraction of sp³-hybridized carbons (Fsp3) is 0.533. The summed E-state index contributed by atoms with van der Waals surface area (Å²) in [4.78, 5) is 11.3. The molecule has 0 amide bonds. The van der Waals surface area contributed by atoms with Crippen molar-refractivity contribution in [3.8, 4) is 0 Å². The van der Waals surface area contributed by atoms with Gasteiger partial charge in [0.15, 0.2) is 0 Å². The zero-order valence-corrected chi connectivity index (χ0v) is 12.7. The van der Waals surface area contributed by atoms with E-state index in [0.717, 1.165) is 12.5 Å². The lowest BCUT2D eigenvalue weighted by Gasteiger charge is -2.27. The lowest BCUT2D eigenvalue weighted by molar-refractivity contribution is 0.0697. The molecule has 0 spiro atoms. The maximum Gasteiger partial charge on any atom is 0.338 e. The minimum absolute atomic E-state index is 0.325. The SMILES string of the molecule is CC1CCCC(CNc2cccc(Br)c2C(=O)O)C1. The predicted molar refractivity (Wildman–Crippen MR) is 80.7 cm³/mol. The molecule has 0 aliphatic heterocycles. The Bertz CT molecular complexity index is 461. The van der Waals surface area contributed by atoms with E-state index in [2.05, 4.69) is 28.2 Å². The summed E-state index contributed by atoms with van der Waals surface area (Å²) in [5.74, 6) is 0.554. The van der Waals surface area contributed by atoms with Gasteiger partial charge in [-0.05, 0) is 52.7 Å². The number of carboxylic acids is 1. The minimum atomic E-state index is -0.896. The van der Waals surface area contributed by atoms with Gasteiger partial charge < -0.3 is 10.4 Å². The van der Waals surface area contributed by atoms with Gasteiger partial charge in [0.25, 0.3) is 0 Å². The van der Waals surface area contributed by atoms with Crippen LogP contribution in [0.15, 0.2) is 22.7 Å². The highest BCUT2D eigenvalue weighted by Crippen LogP contribution is 2.30. The topological polar surface area (TPSA) is 49.3 Å². The Morgan fingerprint density at radius 2 is 2.26 bits per heavy atom. The van der Waals surface area contributed by atoms with Crippen LogP contribution in [-0.2, 0) is 0 Å². The van der Waals surface area contributed by atoms with Crippen molar-refractivity contribution in [1.29, 1.82) is 0 Å². The highest BCUT2D eigenvalue weighted by molar-refractivity contribution is 9.10. The van der Waals surface area contributed by atoms with Crippen LogP contribution >= 0.6 is 15.9 Å². The van der Waals surface area contributed by atoms with Crippen LogP contribution in [0.25, 0.3) is 0 Å². The number of carboxylic acid groups (broad SMARTS) is 1. The maximum absolute atomic E-state index is 11.3. The van der Waals surface area contributed by atoms with Gasteiger partial charge in [-0.2, -0.15) is 0 Å². The first-order chi connectivity index (χ1) is 9.08. The summed E-state index contributed by atoms with van der Waals surface area (Å²) in [5.41, 5.74) is 1.03. The fourth-order valence-corrected chi connectivity index (χ4v) is 3.42. The number of hydrogen-bond acceptors (Lipinski definition) is 2. The van der Waals surface area contributed by atoms with Crippen LogP contribution in [0.1, 0.15) is 43.0 Å². The van der Waals surface area contributed by atoms with Crippen molar-refractivity contribution in [3.05, 3.63) is 28.2 Å². The molecule has 3 nitrogen and oxygen atoms in total. The van der Waals surface area contributed by atoms with Crippen molar-refractivity contribution >= 4 is 27.6 Å². The summed E-state index contributed by atoms with van der Waals surface area (Å²) in [6.07, 6.45) is 5.10. The monoisotopic (exact) mass is 325 g/mol. The van der Waals surface area contributed by atoms with Crippen LogP contribution in [0.3, 0.4) is 0 Å². The van der Waals surface area contributed by atoms with E-state index < -0.39 is 5.97 Å². The van der Waals surface area contributed by atoms with Gasteiger partial charge in [-0.15, -0.1) is 0 Å². The molecular formula is C15H20BrNO2. The molecule has 2 rings (SSSR count). The summed E-state index contributed by atoms with van der Waals surface area (Å²) in [7, 11) is 0. The van der Waals surface area contributed by atoms with Crippen LogP contribution in [0.2, 0.25) is 0 Å². The molecule has 0 radical (unpaired) electrons. The molecular weight excluding hydrogens is 306 g/mol. The van der Waals surface area contributed by atoms with Gasteiger partial charge in [-0.1, -0.05) is 25.8 Å². The van der Waals surface area contributed by atoms with Crippen molar-refractivity contribution in [3.63, 3.8) is 0 Å². The summed E-state index contributed by atoms with van der Waals surface area (Å²) < 4.78 is 0.627. The highest BCUT2D eigenvalue weighted by Gasteiger charge is 2.20. The van der Waals surface area contributed by atoms with Gasteiger partial charge in [0, 0.05) is 16.7 Å². The normalized spacial score (nSPS) is 23.1. The van der Waals surface area contributed by atoms with Gasteiger partial charge in [-0.25, -0.2) is 4.79 Å². The standard InChI is InChI=1S/C15H20BrNO2/c1-10-4-2-5-11(8-10)9-17-13-7-3-6-12(16)14(13)15(18)19/h3,6-7,10-11,17H,2,4-5,8-9H2,1H3,(H,18,19). The molecule has 1 aromatic carbocycles. The number of aromatic carboxylic acids is 1. The van der Waals surface area contributed by atoms with E-state index in [1.807, 2.05) is 12.1 Å². The Morgan fingerprint density at radius 3 is 2.95 bits per heavy atom. The number of halogens is 1. The molecule has 2 N–H and O–H groups in total. The fourth-order valence-electron chi connectivity index (χ4n) is 2.89. The van der Waals surface area contributed by atoms with Crippen molar-refractivity contribution in [2.75, 3.05) is 11.9 Å². The zero-order valence-electron chi connectivity index (χ0n) is 11.2. The van der Waals surface area contributed by atoms with E-state index in [-0.39, 0.29) is 0 Å². The first kappa shape index (κ1) is 14.4. The molecule has 1 aliphatic rings. The van der Waals surface area contributed by atoms with Gasteiger partial charge in [0.05, 0.1) is 5.56 Å². The molecule has 4 heteroatoms. The third-order valence-corrected chi connectivity index (χ3v) is 4.51. The number of nitrogens with one attached hydrogen (secondary N) is 1. The van der Waals surface area contributed by atoms with Crippen molar-refractivity contribution in [2.45, 2.75) is 32.6 Å². The van der Waals surface area contributed by atoms with E-state index in [1.54, 1.807) is 6.07 Å². The highest BCUT2D eigenvalue weighted by atomic mass is 79.9. The summed E-state index contributed by atoms with van der Waals surface area (Å²) >= 11 is 3.30. The second kappa shape index (κ2) is 6.42. The number of hydrogen-bond donors (Lipinski definition) is 2. The predicted octanol–water partition coefficient (Wildman–Crippen LogP) is 4.39. The lowest BCUT2D eigenvalue weighted by Crippen LogP contribution is -2.21. The van der Waals surface area contributed by atoms with Gasteiger partial charge in [-0.3, -0.25) is 0 Å². The third-order valence-electron chi connectivity index (χ3n) is 3.85. The van der Waals surface area contributed by atoms with Crippen molar-refractivity contribution in [2.24, 2.45) is 11.8 Å². The van der Waals surface area contributed by atoms with Crippen LogP contribution in [0.5, 0.6) is 0 Å². The van der Waals surface area contributed by atoms with E-state index in [1.165, 1.54) is 25.7 Å². The molecule has 19 heavy (non-hydrogen) atoms. The zero-order chi connectivity index (χ0) is 13.8. The van der Waals surface area contributed by atoms with Crippen LogP contribution in [-0.4, -0.2) is 17.6 Å². The molecule has 1 aliphatic carbocycles. The first-order valence-electron chi connectivity index (χ1n) is 6.83. The molecule has 0 bridgehead atoms. The largest absolute Gasteiger partial charge is 0.478 e. The molecule has 104 valence electrons. The van der Waals surface area contributed by atoms with Gasteiger partial charge >= 0.3 is 5.97 Å². The molecule has 1 fully saturated rings. The molecule has 0 heterocycles. The van der Waals surface area contributed by atoms with Gasteiger partial charge in [0.1, 0.15) is 0 Å². The Morgan fingerprint density at radius 1 is 1.47 bits per heavy atom. The van der Waals surface area contributed by atoms with Crippen molar-refractivity contribution in [1.82, 2.24) is 0 Å². The van der Waals surface area contributed by atoms with E-state index >= 15 is 0 Å². The van der Waals surface area contributed by atoms with E-state index in [0.29, 0.717) is 21.6 Å². The molecule has 1 aromatic rings. The van der Waals surface area contributed by atoms with Crippen molar-refractivity contribution < 1.29 is 9.90 Å². The van der Waals surface area contributed by atoms with Gasteiger partial charge in [0.2, 0.25) is 0 Å². The Kier molecular flexibility index (Phi) is 4.86. The molecule has 0 saturated heterocycles. The second-order valence-electron chi connectivity index (χ2n) is 5.49. The number of rotatable bonds is 4. The number of carbonyl (C=O) groups is 1. The average Bonchev–Trinajstić information content (AvgIpc) is 2.36. The number of benzene rings is 1. The van der Waals surface area contributed by atoms with Crippen LogP contribution in [0, 0.1) is 11.8 Å². The smallest absolute Gasteiger partial charge is 0.338 e. The van der Waals surface area contributed by atoms with Crippen LogP contribution in [0.4, 0.5) is 5.69 Å². The third kappa shape index (κ3) is 3.72. The summed E-state index contributed by atoms with van der Waals surface area (Å²) in [6.45, 7) is 3.16. The quantitative estimate of drug-likeness (QED) is 0.863. The Hall–Kier alpha value is -1.03. The maximum atomic E-state index is 11.3. The summed E-state index contributed by atoms with van der Waals surface area (Å²) in [6, 6.07) is 5.46. The minimum Gasteiger partial charge on any atom is -0.478 e. The molecule has 2 unspecified atom stereocenters. The molecule has 1 saturated carbocycles. The molecule has 2 atom stereocenters. The Labute approximate surface area is 122 Å². The van der Waals surface area contributed by atoms with E-state index in [4.69, 9.17) is 0 Å². The van der Waals surface area contributed by atoms with Crippen LogP contribution < -0.4 is 5.32 Å². The first-order valence-corrected chi connectivity index (χ1v) is 7.63. The number of anilines is 1. The lowest BCUT2D eigenvalue weighted by atomic mass is 9.82. The Balaban J connectivity index is 2.03. The summed E-state index contributed by atoms with van der Waals surface area (Å²) in [5, 5.41) is 12.6. The average molecular weight is 326 g/mol. The van der Waals surface area contributed by atoms with E-state index in [9.17, 15) is 9.90 Å².